The zero-order valence-electron chi connectivity index (χ0n) is 11.4. The molecule has 1 aromatic rings. The maximum absolute atomic E-state index is 12.9. The van der Waals surface area contributed by atoms with Crippen LogP contribution in [0.2, 0.25) is 0 Å². The van der Waals surface area contributed by atoms with Crippen molar-refractivity contribution in [3.63, 3.8) is 0 Å². The number of hydrogen-bond donors (Lipinski definition) is 3. The Morgan fingerprint density at radius 1 is 1.33 bits per heavy atom. The average Bonchev–Trinajstić information content (AvgIpc) is 2.36. The third kappa shape index (κ3) is 3.87. The molecule has 0 heterocycles. The summed E-state index contributed by atoms with van der Waals surface area (Å²) in [7, 11) is 0. The van der Waals surface area contributed by atoms with Gasteiger partial charge in [0.2, 0.25) is 0 Å². The van der Waals surface area contributed by atoms with Crippen LogP contribution in [0.25, 0.3) is 0 Å². The molecule has 4 N–H and O–H groups in total. The van der Waals surface area contributed by atoms with E-state index in [0.29, 0.717) is 12.5 Å². The van der Waals surface area contributed by atoms with E-state index in [4.69, 9.17) is 10.8 Å². The number of hydrogen-bond acceptors (Lipinski definition) is 3. The lowest BCUT2D eigenvalue weighted by molar-refractivity contribution is -0.138. The number of amides is 1. The van der Waals surface area contributed by atoms with Gasteiger partial charge in [-0.3, -0.25) is 4.79 Å². The smallest absolute Gasteiger partial charge is 0.417 e. The minimum Gasteiger partial charge on any atom is -0.478 e. The van der Waals surface area contributed by atoms with Crippen LogP contribution in [0.1, 0.15) is 46.5 Å². The van der Waals surface area contributed by atoms with E-state index in [1.165, 1.54) is 0 Å². The third-order valence-corrected chi connectivity index (χ3v) is 2.97. The van der Waals surface area contributed by atoms with Gasteiger partial charge in [0.15, 0.2) is 0 Å². The summed E-state index contributed by atoms with van der Waals surface area (Å²) in [5.41, 5.74) is 2.32. The highest BCUT2D eigenvalue weighted by Crippen LogP contribution is 2.35. The number of anilines is 1. The lowest BCUT2D eigenvalue weighted by Gasteiger charge is -2.19. The maximum atomic E-state index is 12.9. The molecule has 21 heavy (non-hydrogen) atoms. The predicted molar refractivity (Wildman–Crippen MR) is 70.3 cm³/mol. The highest BCUT2D eigenvalue weighted by Gasteiger charge is 2.37. The number of rotatable bonds is 5. The van der Waals surface area contributed by atoms with Gasteiger partial charge in [0, 0.05) is 11.7 Å². The van der Waals surface area contributed by atoms with Crippen molar-refractivity contribution in [3.8, 4) is 0 Å². The van der Waals surface area contributed by atoms with Crippen LogP contribution >= 0.6 is 0 Å². The van der Waals surface area contributed by atoms with Crippen molar-refractivity contribution < 1.29 is 27.9 Å². The summed E-state index contributed by atoms with van der Waals surface area (Å²) in [4.78, 5) is 22.3. The van der Waals surface area contributed by atoms with Gasteiger partial charge < -0.3 is 16.2 Å². The second-order valence-corrected chi connectivity index (χ2v) is 4.56. The van der Waals surface area contributed by atoms with E-state index < -0.39 is 34.7 Å². The molecule has 0 aliphatic heterocycles. The Morgan fingerprint density at radius 3 is 2.29 bits per heavy atom. The number of carbonyl (C=O) groups excluding carboxylic acids is 1. The number of nitrogens with two attached hydrogens (primary N) is 1. The van der Waals surface area contributed by atoms with Crippen LogP contribution in [0, 0.1) is 0 Å². The van der Waals surface area contributed by atoms with Gasteiger partial charge in [0.25, 0.3) is 5.91 Å². The van der Waals surface area contributed by atoms with Crippen molar-refractivity contribution in [2.24, 2.45) is 5.73 Å². The Kier molecular flexibility index (Phi) is 4.82. The fourth-order valence-corrected chi connectivity index (χ4v) is 1.70. The molecule has 1 amide bonds. The topological polar surface area (TPSA) is 92.4 Å². The number of alkyl halides is 3. The monoisotopic (exact) mass is 304 g/mol. The van der Waals surface area contributed by atoms with Gasteiger partial charge in [-0.1, -0.05) is 6.92 Å². The van der Waals surface area contributed by atoms with Crippen molar-refractivity contribution in [2.45, 2.75) is 32.5 Å². The van der Waals surface area contributed by atoms with Crippen molar-refractivity contribution in [3.05, 3.63) is 28.8 Å². The molecule has 5 nitrogen and oxygen atoms in total. The minimum atomic E-state index is -4.90. The van der Waals surface area contributed by atoms with Crippen molar-refractivity contribution in [1.29, 1.82) is 0 Å². The molecule has 1 aromatic carbocycles. The second-order valence-electron chi connectivity index (χ2n) is 4.56. The maximum Gasteiger partial charge on any atom is 0.417 e. The number of halogens is 3. The number of carboxylic acids is 1. The molecule has 0 aliphatic rings. The molecule has 0 bridgehead atoms. The summed E-state index contributed by atoms with van der Waals surface area (Å²) < 4.78 is 38.6. The quantitative estimate of drug-likeness (QED) is 0.780. The van der Waals surface area contributed by atoms with Crippen LogP contribution < -0.4 is 11.1 Å². The fourth-order valence-electron chi connectivity index (χ4n) is 1.70. The van der Waals surface area contributed by atoms with Gasteiger partial charge in [-0.15, -0.1) is 0 Å². The summed E-state index contributed by atoms with van der Waals surface area (Å²) in [5.74, 6) is -2.80. The molecule has 1 rings (SSSR count). The summed E-state index contributed by atoms with van der Waals surface area (Å²) in [6, 6.07) is 1.09. The first-order chi connectivity index (χ1) is 9.57. The molecule has 0 radical (unpaired) electrons. The molecule has 0 aliphatic carbocycles. The first-order valence-electron chi connectivity index (χ1n) is 6.12. The lowest BCUT2D eigenvalue weighted by Crippen LogP contribution is -2.22. The summed E-state index contributed by atoms with van der Waals surface area (Å²) in [6.07, 6.45) is -4.27. The van der Waals surface area contributed by atoms with E-state index in [0.717, 1.165) is 6.07 Å². The number of carboxylic acid groups (broad SMARTS) is 1. The molecule has 0 spiro atoms. The van der Waals surface area contributed by atoms with E-state index in [9.17, 15) is 22.8 Å². The van der Waals surface area contributed by atoms with Crippen LogP contribution in [0.3, 0.4) is 0 Å². The minimum absolute atomic E-state index is 0.0257. The lowest BCUT2D eigenvalue weighted by atomic mass is 10.00. The van der Waals surface area contributed by atoms with Gasteiger partial charge in [0.05, 0.1) is 16.7 Å². The number of primary amides is 1. The van der Waals surface area contributed by atoms with Crippen LogP contribution in [0.5, 0.6) is 0 Å². The van der Waals surface area contributed by atoms with Crippen LogP contribution in [0.4, 0.5) is 18.9 Å². The highest BCUT2D eigenvalue weighted by atomic mass is 19.4. The number of benzene rings is 1. The standard InChI is InChI=1S/C13H15F3N2O3/c1-3-6(2)18-10-5-7(12(20)21)9(13(14,15)16)4-8(10)11(17)19/h4-6,18H,3H2,1-2H3,(H2,17,19)(H,20,21)/t6-/m1/s1. The molecule has 0 saturated heterocycles. The van der Waals surface area contributed by atoms with E-state index in [1.807, 2.05) is 6.92 Å². The molecule has 8 heteroatoms. The summed E-state index contributed by atoms with van der Waals surface area (Å²) in [5, 5.41) is 11.7. The van der Waals surface area contributed by atoms with E-state index in [2.05, 4.69) is 5.32 Å². The van der Waals surface area contributed by atoms with Crippen molar-refractivity contribution >= 4 is 17.6 Å². The third-order valence-electron chi connectivity index (χ3n) is 2.97. The Morgan fingerprint density at radius 2 is 1.90 bits per heavy atom. The zero-order valence-corrected chi connectivity index (χ0v) is 11.4. The predicted octanol–water partition coefficient (Wildman–Crippen LogP) is 2.71. The number of carbonyl (C=O) groups is 2. The number of aromatic carboxylic acids is 1. The highest BCUT2D eigenvalue weighted by molar-refractivity contribution is 6.01. The van der Waals surface area contributed by atoms with Gasteiger partial charge in [0.1, 0.15) is 0 Å². The largest absolute Gasteiger partial charge is 0.478 e. The van der Waals surface area contributed by atoms with Gasteiger partial charge >= 0.3 is 12.1 Å². The Balaban J connectivity index is 3.55. The Labute approximate surface area is 118 Å². The van der Waals surface area contributed by atoms with Crippen LogP contribution in [-0.2, 0) is 6.18 Å². The van der Waals surface area contributed by atoms with E-state index >= 15 is 0 Å². The Hall–Kier alpha value is -2.25. The molecular formula is C13H15F3N2O3. The summed E-state index contributed by atoms with van der Waals surface area (Å²) in [6.45, 7) is 3.56. The van der Waals surface area contributed by atoms with Crippen LogP contribution in [0.15, 0.2) is 12.1 Å². The molecule has 0 fully saturated rings. The Bertz CT molecular complexity index is 571. The number of nitrogens with one attached hydrogen (secondary N) is 1. The molecule has 1 atom stereocenters. The van der Waals surface area contributed by atoms with Gasteiger partial charge in [-0.25, -0.2) is 4.79 Å². The second kappa shape index (κ2) is 6.02. The van der Waals surface area contributed by atoms with Crippen molar-refractivity contribution in [2.75, 3.05) is 5.32 Å². The zero-order chi connectivity index (χ0) is 16.4. The SMILES string of the molecule is CC[C@@H](C)Nc1cc(C(=O)O)c(C(F)(F)F)cc1C(N)=O. The molecule has 0 saturated carbocycles. The van der Waals surface area contributed by atoms with E-state index in [-0.39, 0.29) is 11.7 Å². The normalized spacial score (nSPS) is 12.8. The molecular weight excluding hydrogens is 289 g/mol. The van der Waals surface area contributed by atoms with Gasteiger partial charge in [-0.2, -0.15) is 13.2 Å². The average molecular weight is 304 g/mol. The van der Waals surface area contributed by atoms with Crippen LogP contribution in [-0.4, -0.2) is 23.0 Å². The molecule has 116 valence electrons. The first-order valence-corrected chi connectivity index (χ1v) is 6.12. The molecule has 0 aromatic heterocycles. The molecule has 0 unspecified atom stereocenters. The summed E-state index contributed by atoms with van der Waals surface area (Å²) >= 11 is 0. The first kappa shape index (κ1) is 16.8. The van der Waals surface area contributed by atoms with E-state index in [1.54, 1.807) is 6.92 Å². The fraction of sp³-hybridized carbons (Fsp3) is 0.385. The van der Waals surface area contributed by atoms with Gasteiger partial charge in [-0.05, 0) is 25.5 Å². The van der Waals surface area contributed by atoms with Crippen molar-refractivity contribution in [1.82, 2.24) is 0 Å².